The Bertz CT molecular complexity index is 608. The van der Waals surface area contributed by atoms with E-state index in [-0.39, 0.29) is 6.04 Å². The maximum Gasteiger partial charge on any atom is 0.310 e. The van der Waals surface area contributed by atoms with Crippen LogP contribution in [0.15, 0.2) is 72.8 Å². The number of hydrogen-bond acceptors (Lipinski definition) is 2. The zero-order valence-corrected chi connectivity index (χ0v) is 12.4. The third-order valence-corrected chi connectivity index (χ3v) is 3.52. The van der Waals surface area contributed by atoms with Gasteiger partial charge in [0.25, 0.3) is 0 Å². The highest BCUT2D eigenvalue weighted by Gasteiger charge is 2.14. The van der Waals surface area contributed by atoms with Gasteiger partial charge in [-0.15, -0.1) is 0 Å². The molecule has 0 saturated heterocycles. The normalized spacial score (nSPS) is 13.9. The number of hydrogen-bond donors (Lipinski definition) is 2. The molecule has 2 atom stereocenters. The zero-order chi connectivity index (χ0) is 15.8. The number of benzene rings is 2. The number of nitrogens with two attached hydrogens (primary N) is 1. The first-order valence-electron chi connectivity index (χ1n) is 7.39. The van der Waals surface area contributed by atoms with Crippen LogP contribution in [0.2, 0.25) is 0 Å². The predicted molar refractivity (Wildman–Crippen MR) is 88.5 cm³/mol. The zero-order valence-electron chi connectivity index (χ0n) is 12.4. The Morgan fingerprint density at radius 2 is 1.41 bits per heavy atom. The van der Waals surface area contributed by atoms with Gasteiger partial charge in [-0.2, -0.15) is 0 Å². The summed E-state index contributed by atoms with van der Waals surface area (Å²) in [5.74, 6) is -1.38. The summed E-state index contributed by atoms with van der Waals surface area (Å²) in [7, 11) is 0. The average molecular weight is 295 g/mol. The molecule has 0 aliphatic rings. The molecule has 22 heavy (non-hydrogen) atoms. The summed E-state index contributed by atoms with van der Waals surface area (Å²) >= 11 is 0. The highest BCUT2D eigenvalue weighted by molar-refractivity contribution is 5.72. The summed E-state index contributed by atoms with van der Waals surface area (Å²) in [6.07, 6.45) is 4.69. The van der Waals surface area contributed by atoms with Gasteiger partial charge in [0.15, 0.2) is 0 Å². The molecule has 0 fully saturated rings. The van der Waals surface area contributed by atoms with E-state index in [1.807, 2.05) is 60.7 Å². The van der Waals surface area contributed by atoms with Crippen LogP contribution in [-0.2, 0) is 17.6 Å². The van der Waals surface area contributed by atoms with Crippen LogP contribution in [0.5, 0.6) is 0 Å². The smallest absolute Gasteiger partial charge is 0.310 e. The predicted octanol–water partition coefficient (Wildman–Crippen LogP) is 3.06. The van der Waals surface area contributed by atoms with E-state index in [1.165, 1.54) is 0 Å². The standard InChI is InChI=1S/C19H21NO2/c20-18(14-16-9-5-2-6-10-16)12-11-17(19(21)22)13-15-7-3-1-4-8-15/h1-12,17-18H,13-14,20H2,(H,21,22)/b12-11+/t17-,18+/m0/s1. The first-order valence-corrected chi connectivity index (χ1v) is 7.39. The van der Waals surface area contributed by atoms with Crippen molar-refractivity contribution in [3.8, 4) is 0 Å². The molecule has 0 unspecified atom stereocenters. The summed E-state index contributed by atoms with van der Waals surface area (Å²) in [6, 6.07) is 19.4. The van der Waals surface area contributed by atoms with Crippen molar-refractivity contribution in [2.75, 3.05) is 0 Å². The molecule has 0 saturated carbocycles. The van der Waals surface area contributed by atoms with E-state index < -0.39 is 11.9 Å². The van der Waals surface area contributed by atoms with Crippen LogP contribution >= 0.6 is 0 Å². The fourth-order valence-electron chi connectivity index (χ4n) is 2.34. The van der Waals surface area contributed by atoms with Crippen LogP contribution in [0.4, 0.5) is 0 Å². The lowest BCUT2D eigenvalue weighted by atomic mass is 9.97. The molecule has 114 valence electrons. The van der Waals surface area contributed by atoms with E-state index in [0.717, 1.165) is 11.1 Å². The van der Waals surface area contributed by atoms with Crippen LogP contribution in [0, 0.1) is 5.92 Å². The van der Waals surface area contributed by atoms with Gasteiger partial charge in [-0.25, -0.2) is 0 Å². The van der Waals surface area contributed by atoms with Crippen LogP contribution in [0.25, 0.3) is 0 Å². The van der Waals surface area contributed by atoms with E-state index in [0.29, 0.717) is 12.8 Å². The Labute approximate surface area is 131 Å². The van der Waals surface area contributed by atoms with Gasteiger partial charge in [0.05, 0.1) is 5.92 Å². The van der Waals surface area contributed by atoms with Crippen molar-refractivity contribution in [3.05, 3.63) is 83.9 Å². The maximum absolute atomic E-state index is 11.4. The molecular weight excluding hydrogens is 274 g/mol. The summed E-state index contributed by atoms with van der Waals surface area (Å²) in [6.45, 7) is 0. The van der Waals surface area contributed by atoms with E-state index in [9.17, 15) is 9.90 Å². The second kappa shape index (κ2) is 8.15. The number of carboxylic acids is 1. The average Bonchev–Trinajstić information content (AvgIpc) is 2.53. The Morgan fingerprint density at radius 3 is 1.91 bits per heavy atom. The van der Waals surface area contributed by atoms with Crippen molar-refractivity contribution in [1.29, 1.82) is 0 Å². The topological polar surface area (TPSA) is 63.3 Å². The Morgan fingerprint density at radius 1 is 0.909 bits per heavy atom. The highest BCUT2D eigenvalue weighted by atomic mass is 16.4. The fourth-order valence-corrected chi connectivity index (χ4v) is 2.34. The second-order valence-corrected chi connectivity index (χ2v) is 5.37. The summed E-state index contributed by atoms with van der Waals surface area (Å²) in [5.41, 5.74) is 8.23. The summed E-state index contributed by atoms with van der Waals surface area (Å²) in [5, 5.41) is 9.35. The molecule has 0 aliphatic heterocycles. The van der Waals surface area contributed by atoms with Gasteiger partial charge in [-0.1, -0.05) is 72.8 Å². The summed E-state index contributed by atoms with van der Waals surface area (Å²) in [4.78, 5) is 11.4. The van der Waals surface area contributed by atoms with Crippen LogP contribution in [0.1, 0.15) is 11.1 Å². The molecule has 3 nitrogen and oxygen atoms in total. The first kappa shape index (κ1) is 16.0. The lowest BCUT2D eigenvalue weighted by Crippen LogP contribution is -2.21. The Hall–Kier alpha value is -2.39. The van der Waals surface area contributed by atoms with E-state index in [4.69, 9.17) is 5.73 Å². The molecule has 0 radical (unpaired) electrons. The quantitative estimate of drug-likeness (QED) is 0.772. The van der Waals surface area contributed by atoms with Crippen LogP contribution in [0.3, 0.4) is 0 Å². The molecule has 3 heteroatoms. The molecule has 2 rings (SSSR count). The van der Waals surface area contributed by atoms with Crippen molar-refractivity contribution in [2.24, 2.45) is 11.7 Å². The lowest BCUT2D eigenvalue weighted by Gasteiger charge is -2.10. The van der Waals surface area contributed by atoms with Gasteiger partial charge >= 0.3 is 5.97 Å². The third kappa shape index (κ3) is 5.19. The van der Waals surface area contributed by atoms with E-state index in [2.05, 4.69) is 0 Å². The van der Waals surface area contributed by atoms with Gasteiger partial charge in [0.1, 0.15) is 0 Å². The molecule has 2 aromatic carbocycles. The monoisotopic (exact) mass is 295 g/mol. The minimum absolute atomic E-state index is 0.181. The van der Waals surface area contributed by atoms with Gasteiger partial charge < -0.3 is 10.8 Å². The lowest BCUT2D eigenvalue weighted by molar-refractivity contribution is -0.140. The number of carbonyl (C=O) groups is 1. The van der Waals surface area contributed by atoms with Crippen molar-refractivity contribution in [1.82, 2.24) is 0 Å². The van der Waals surface area contributed by atoms with Crippen molar-refractivity contribution < 1.29 is 9.90 Å². The number of rotatable bonds is 7. The Balaban J connectivity index is 1.96. The van der Waals surface area contributed by atoms with Crippen molar-refractivity contribution in [2.45, 2.75) is 18.9 Å². The maximum atomic E-state index is 11.4. The second-order valence-electron chi connectivity index (χ2n) is 5.37. The Kier molecular flexibility index (Phi) is 5.92. The van der Waals surface area contributed by atoms with Gasteiger partial charge in [-0.05, 0) is 24.0 Å². The molecule has 0 bridgehead atoms. The molecule has 0 aliphatic carbocycles. The van der Waals surface area contributed by atoms with Gasteiger partial charge in [-0.3, -0.25) is 4.79 Å². The molecule has 0 spiro atoms. The van der Waals surface area contributed by atoms with Crippen LogP contribution < -0.4 is 5.73 Å². The van der Waals surface area contributed by atoms with Crippen molar-refractivity contribution in [3.63, 3.8) is 0 Å². The molecule has 0 amide bonds. The van der Waals surface area contributed by atoms with E-state index in [1.54, 1.807) is 12.2 Å². The SMILES string of the molecule is N[C@H](/C=C/[C@@H](Cc1ccccc1)C(=O)O)Cc1ccccc1. The third-order valence-electron chi connectivity index (χ3n) is 3.52. The number of carboxylic acid groups (broad SMARTS) is 1. The molecule has 0 aromatic heterocycles. The summed E-state index contributed by atoms with van der Waals surface area (Å²) < 4.78 is 0. The highest BCUT2D eigenvalue weighted by Crippen LogP contribution is 2.11. The van der Waals surface area contributed by atoms with E-state index >= 15 is 0 Å². The molecule has 2 aromatic rings. The fraction of sp³-hybridized carbons (Fsp3) is 0.211. The largest absolute Gasteiger partial charge is 0.481 e. The number of aliphatic carboxylic acids is 1. The van der Waals surface area contributed by atoms with Crippen LogP contribution in [-0.4, -0.2) is 17.1 Å². The molecule has 0 heterocycles. The van der Waals surface area contributed by atoms with Gasteiger partial charge in [0.2, 0.25) is 0 Å². The van der Waals surface area contributed by atoms with Crippen molar-refractivity contribution >= 4 is 5.97 Å². The minimum atomic E-state index is -0.827. The molecular formula is C19H21NO2. The minimum Gasteiger partial charge on any atom is -0.481 e. The first-order chi connectivity index (χ1) is 10.6. The molecule has 3 N–H and O–H groups in total. The van der Waals surface area contributed by atoms with Gasteiger partial charge in [0, 0.05) is 6.04 Å².